The van der Waals surface area contributed by atoms with Crippen LogP contribution in [0.1, 0.15) is 22.8 Å². The van der Waals surface area contributed by atoms with Crippen LogP contribution >= 0.6 is 0 Å². The lowest BCUT2D eigenvalue weighted by atomic mass is 10.1. The van der Waals surface area contributed by atoms with E-state index in [4.69, 9.17) is 14.2 Å². The zero-order valence-corrected chi connectivity index (χ0v) is 20.2. The van der Waals surface area contributed by atoms with Crippen molar-refractivity contribution in [2.24, 2.45) is 0 Å². The molecule has 8 nitrogen and oxygen atoms in total. The van der Waals surface area contributed by atoms with Crippen molar-refractivity contribution in [3.05, 3.63) is 77.9 Å². The molecule has 0 atom stereocenters. The van der Waals surface area contributed by atoms with Gasteiger partial charge in [-0.15, -0.1) is 5.10 Å². The molecule has 0 bridgehead atoms. The molecule has 4 rings (SSSR count). The normalized spacial score (nSPS) is 11.2. The lowest BCUT2D eigenvalue weighted by molar-refractivity contribution is -0.137. The standard InChI is InChI=1S/C26H23F3N4O4/c1-4-37-25-31-23(16-6-5-7-18(12-16)26(27,28)29)33(32-25)20-10-8-19(9-11-20)30-24(34)17-13-21(35-2)15-22(14-17)36-3/h5-15H,4H2,1-3H3,(H,30,34). The molecular weight excluding hydrogens is 489 g/mol. The van der Waals surface area contributed by atoms with Crippen LogP contribution in [-0.4, -0.2) is 41.5 Å². The van der Waals surface area contributed by atoms with Crippen molar-refractivity contribution in [1.29, 1.82) is 0 Å². The van der Waals surface area contributed by atoms with Crippen molar-refractivity contribution >= 4 is 11.6 Å². The number of rotatable bonds is 8. The molecule has 1 N–H and O–H groups in total. The Labute approximate surface area is 210 Å². The Morgan fingerprint density at radius 3 is 2.24 bits per heavy atom. The van der Waals surface area contributed by atoms with Gasteiger partial charge in [-0.25, -0.2) is 4.68 Å². The summed E-state index contributed by atoms with van der Waals surface area (Å²) in [5.74, 6) is 0.736. The Bertz CT molecular complexity index is 1380. The molecule has 192 valence electrons. The number of ether oxygens (including phenoxy) is 3. The van der Waals surface area contributed by atoms with Crippen LogP contribution in [0.2, 0.25) is 0 Å². The molecule has 37 heavy (non-hydrogen) atoms. The van der Waals surface area contributed by atoms with E-state index in [1.54, 1.807) is 49.4 Å². The van der Waals surface area contributed by atoms with Crippen molar-refractivity contribution in [1.82, 2.24) is 14.8 Å². The summed E-state index contributed by atoms with van der Waals surface area (Å²) in [6.45, 7) is 2.03. The van der Waals surface area contributed by atoms with Crippen molar-refractivity contribution in [3.63, 3.8) is 0 Å². The zero-order chi connectivity index (χ0) is 26.6. The maximum absolute atomic E-state index is 13.3. The molecule has 0 fully saturated rings. The van der Waals surface area contributed by atoms with Crippen LogP contribution in [0.25, 0.3) is 17.1 Å². The topological polar surface area (TPSA) is 87.5 Å². The van der Waals surface area contributed by atoms with Gasteiger partial charge in [0, 0.05) is 22.9 Å². The van der Waals surface area contributed by atoms with E-state index in [-0.39, 0.29) is 29.9 Å². The van der Waals surface area contributed by atoms with E-state index in [2.05, 4.69) is 15.4 Å². The molecule has 0 spiro atoms. The number of amides is 1. The Morgan fingerprint density at radius 1 is 0.973 bits per heavy atom. The minimum Gasteiger partial charge on any atom is -0.497 e. The number of methoxy groups -OCH3 is 2. The second kappa shape index (κ2) is 10.6. The smallest absolute Gasteiger partial charge is 0.416 e. The van der Waals surface area contributed by atoms with E-state index >= 15 is 0 Å². The van der Waals surface area contributed by atoms with Gasteiger partial charge in [0.2, 0.25) is 0 Å². The van der Waals surface area contributed by atoms with Crippen molar-refractivity contribution < 1.29 is 32.2 Å². The first-order valence-electron chi connectivity index (χ1n) is 11.1. The highest BCUT2D eigenvalue weighted by Crippen LogP contribution is 2.33. The quantitative estimate of drug-likeness (QED) is 0.330. The molecule has 1 heterocycles. The number of nitrogens with one attached hydrogen (secondary N) is 1. The molecule has 3 aromatic carbocycles. The molecule has 11 heteroatoms. The van der Waals surface area contributed by atoms with E-state index in [0.29, 0.717) is 28.4 Å². The van der Waals surface area contributed by atoms with Gasteiger partial charge in [-0.05, 0) is 55.5 Å². The van der Waals surface area contributed by atoms with Gasteiger partial charge >= 0.3 is 12.2 Å². The summed E-state index contributed by atoms with van der Waals surface area (Å²) in [4.78, 5) is 17.1. The van der Waals surface area contributed by atoms with Gasteiger partial charge in [-0.1, -0.05) is 12.1 Å². The van der Waals surface area contributed by atoms with Crippen LogP contribution in [0.5, 0.6) is 17.5 Å². The fourth-order valence-electron chi connectivity index (χ4n) is 3.51. The number of halogens is 3. The van der Waals surface area contributed by atoms with Crippen LogP contribution in [0.15, 0.2) is 66.7 Å². The van der Waals surface area contributed by atoms with Crippen molar-refractivity contribution in [2.45, 2.75) is 13.1 Å². The SMILES string of the molecule is CCOc1nc(-c2cccc(C(F)(F)F)c2)n(-c2ccc(NC(=O)c3cc(OC)cc(OC)c3)cc2)n1. The number of alkyl halides is 3. The number of nitrogens with zero attached hydrogens (tertiary/aromatic N) is 3. The fourth-order valence-corrected chi connectivity index (χ4v) is 3.51. The number of hydrogen-bond acceptors (Lipinski definition) is 6. The molecule has 0 saturated carbocycles. The van der Waals surface area contributed by atoms with Crippen LogP contribution in [0.3, 0.4) is 0 Å². The lowest BCUT2D eigenvalue weighted by Gasteiger charge is -2.11. The number of benzene rings is 3. The molecule has 0 aliphatic rings. The van der Waals surface area contributed by atoms with E-state index in [0.717, 1.165) is 12.1 Å². The van der Waals surface area contributed by atoms with Crippen LogP contribution < -0.4 is 19.5 Å². The maximum Gasteiger partial charge on any atom is 0.416 e. The number of aromatic nitrogens is 3. The summed E-state index contributed by atoms with van der Waals surface area (Å²) in [5, 5.41) is 7.09. The minimum absolute atomic E-state index is 0.0271. The predicted molar refractivity (Wildman–Crippen MR) is 130 cm³/mol. The third kappa shape index (κ3) is 5.83. The van der Waals surface area contributed by atoms with Crippen molar-refractivity contribution in [2.75, 3.05) is 26.1 Å². The Hall–Kier alpha value is -4.54. The molecular formula is C26H23F3N4O4. The van der Waals surface area contributed by atoms with Gasteiger partial charge < -0.3 is 19.5 Å². The summed E-state index contributed by atoms with van der Waals surface area (Å²) in [6, 6.07) is 16.3. The summed E-state index contributed by atoms with van der Waals surface area (Å²) >= 11 is 0. The van der Waals surface area contributed by atoms with E-state index < -0.39 is 11.7 Å². The van der Waals surface area contributed by atoms with E-state index in [1.807, 2.05) is 0 Å². The first kappa shape index (κ1) is 25.5. The molecule has 1 amide bonds. The van der Waals surface area contributed by atoms with Gasteiger partial charge in [-0.2, -0.15) is 18.2 Å². The largest absolute Gasteiger partial charge is 0.497 e. The molecule has 0 aliphatic carbocycles. The van der Waals surface area contributed by atoms with Gasteiger partial charge in [0.15, 0.2) is 5.82 Å². The monoisotopic (exact) mass is 512 g/mol. The van der Waals surface area contributed by atoms with Crippen LogP contribution in [0, 0.1) is 0 Å². The molecule has 0 radical (unpaired) electrons. The molecule has 1 aromatic heterocycles. The number of carbonyl (C=O) groups is 1. The molecule has 0 aliphatic heterocycles. The first-order valence-corrected chi connectivity index (χ1v) is 11.1. The summed E-state index contributed by atoms with van der Waals surface area (Å²) in [7, 11) is 2.98. The first-order chi connectivity index (χ1) is 17.7. The average molecular weight is 512 g/mol. The second-order valence-electron chi connectivity index (χ2n) is 7.74. The minimum atomic E-state index is -4.50. The highest BCUT2D eigenvalue weighted by Gasteiger charge is 2.31. The van der Waals surface area contributed by atoms with Crippen LogP contribution in [0.4, 0.5) is 18.9 Å². The number of carbonyl (C=O) groups excluding carboxylic acids is 1. The van der Waals surface area contributed by atoms with Gasteiger partial charge in [0.25, 0.3) is 5.91 Å². The summed E-state index contributed by atoms with van der Waals surface area (Å²) in [5.41, 5.74) is 0.750. The molecule has 0 unspecified atom stereocenters. The maximum atomic E-state index is 13.3. The number of hydrogen-bond donors (Lipinski definition) is 1. The van der Waals surface area contributed by atoms with E-state index in [9.17, 15) is 18.0 Å². The highest BCUT2D eigenvalue weighted by molar-refractivity contribution is 6.04. The zero-order valence-electron chi connectivity index (χ0n) is 20.2. The third-order valence-electron chi connectivity index (χ3n) is 5.29. The average Bonchev–Trinajstić information content (AvgIpc) is 3.32. The molecule has 0 saturated heterocycles. The summed E-state index contributed by atoms with van der Waals surface area (Å²) in [6.07, 6.45) is -4.50. The predicted octanol–water partition coefficient (Wildman–Crippen LogP) is 5.62. The van der Waals surface area contributed by atoms with Crippen LogP contribution in [-0.2, 0) is 6.18 Å². The van der Waals surface area contributed by atoms with Gasteiger partial charge in [0.05, 0.1) is 32.1 Å². The molecule has 4 aromatic rings. The summed E-state index contributed by atoms with van der Waals surface area (Å²) < 4.78 is 57.0. The third-order valence-corrected chi connectivity index (χ3v) is 5.29. The Kier molecular flexibility index (Phi) is 7.32. The number of anilines is 1. The fraction of sp³-hybridized carbons (Fsp3) is 0.192. The lowest BCUT2D eigenvalue weighted by Crippen LogP contribution is -2.12. The Balaban J connectivity index is 1.63. The van der Waals surface area contributed by atoms with E-state index in [1.165, 1.54) is 31.0 Å². The van der Waals surface area contributed by atoms with Crippen molar-refractivity contribution in [3.8, 4) is 34.6 Å². The second-order valence-corrected chi connectivity index (χ2v) is 7.74. The highest BCUT2D eigenvalue weighted by atomic mass is 19.4. The Morgan fingerprint density at radius 2 is 1.65 bits per heavy atom. The van der Waals surface area contributed by atoms with Gasteiger partial charge in [0.1, 0.15) is 11.5 Å². The van der Waals surface area contributed by atoms with Gasteiger partial charge in [-0.3, -0.25) is 4.79 Å².